The number of hydrogen-bond donors (Lipinski definition) is 1. The average molecular weight is 398 g/mol. The van der Waals surface area contributed by atoms with Crippen LogP contribution in [0.15, 0.2) is 65.6 Å². The molecular formula is C24H22N4O2. The van der Waals surface area contributed by atoms with Crippen molar-refractivity contribution in [2.24, 2.45) is 0 Å². The maximum Gasteiger partial charge on any atom is 0.278 e. The number of benzene rings is 2. The quantitative estimate of drug-likeness (QED) is 0.554. The molecule has 0 spiro atoms. The van der Waals surface area contributed by atoms with E-state index in [-0.39, 0.29) is 11.5 Å². The number of rotatable bonds is 4. The number of anilines is 1. The Morgan fingerprint density at radius 2 is 1.80 bits per heavy atom. The van der Waals surface area contributed by atoms with E-state index >= 15 is 0 Å². The normalized spacial score (nSPS) is 10.9. The van der Waals surface area contributed by atoms with Gasteiger partial charge in [-0.3, -0.25) is 14.2 Å². The number of carbonyl (C=O) groups excluding carboxylic acids is 1. The minimum Gasteiger partial charge on any atom is -0.322 e. The molecule has 0 bridgehead atoms. The predicted molar refractivity (Wildman–Crippen MR) is 119 cm³/mol. The number of hydrogen-bond acceptors (Lipinski definition) is 4. The van der Waals surface area contributed by atoms with Crippen LogP contribution in [0.2, 0.25) is 0 Å². The van der Waals surface area contributed by atoms with Crippen molar-refractivity contribution in [3.05, 3.63) is 87.8 Å². The lowest BCUT2D eigenvalue weighted by Crippen LogP contribution is -2.23. The van der Waals surface area contributed by atoms with Crippen LogP contribution < -0.4 is 10.9 Å². The van der Waals surface area contributed by atoms with Gasteiger partial charge < -0.3 is 5.32 Å². The van der Waals surface area contributed by atoms with Crippen LogP contribution in [0.25, 0.3) is 22.4 Å². The number of nitrogens with one attached hydrogen (secondary N) is 1. The van der Waals surface area contributed by atoms with Gasteiger partial charge in [0.15, 0.2) is 5.65 Å². The van der Waals surface area contributed by atoms with E-state index in [1.165, 1.54) is 5.56 Å². The fourth-order valence-electron chi connectivity index (χ4n) is 3.36. The van der Waals surface area contributed by atoms with Gasteiger partial charge in [-0.15, -0.1) is 0 Å². The van der Waals surface area contributed by atoms with Gasteiger partial charge in [-0.1, -0.05) is 18.2 Å². The Labute approximate surface area is 174 Å². The van der Waals surface area contributed by atoms with Crippen molar-refractivity contribution in [1.29, 1.82) is 0 Å². The van der Waals surface area contributed by atoms with Gasteiger partial charge in [0.05, 0.1) is 0 Å². The molecule has 0 unspecified atom stereocenters. The summed E-state index contributed by atoms with van der Waals surface area (Å²) in [6.45, 7) is 6.44. The number of amides is 1. The van der Waals surface area contributed by atoms with Crippen LogP contribution in [0.1, 0.15) is 28.4 Å². The number of pyridine rings is 1. The molecule has 4 rings (SSSR count). The Morgan fingerprint density at radius 3 is 2.50 bits per heavy atom. The molecule has 0 atom stereocenters. The molecule has 0 fully saturated rings. The van der Waals surface area contributed by atoms with E-state index in [1.807, 2.05) is 45.0 Å². The number of aryl methyl sites for hydroxylation is 3. The Bertz CT molecular complexity index is 1310. The van der Waals surface area contributed by atoms with Gasteiger partial charge in [0.1, 0.15) is 11.2 Å². The topological polar surface area (TPSA) is 76.9 Å². The van der Waals surface area contributed by atoms with Crippen molar-refractivity contribution in [2.45, 2.75) is 27.3 Å². The van der Waals surface area contributed by atoms with Crippen molar-refractivity contribution in [3.63, 3.8) is 0 Å². The Hall–Kier alpha value is -3.80. The molecule has 2 heterocycles. The van der Waals surface area contributed by atoms with Gasteiger partial charge in [0.2, 0.25) is 0 Å². The highest BCUT2D eigenvalue weighted by atomic mass is 16.1. The van der Waals surface area contributed by atoms with E-state index in [1.54, 1.807) is 41.1 Å². The third-order valence-electron chi connectivity index (χ3n) is 5.20. The highest BCUT2D eigenvalue weighted by molar-refractivity contribution is 6.04. The second kappa shape index (κ2) is 7.91. The zero-order chi connectivity index (χ0) is 21.3. The average Bonchev–Trinajstić information content (AvgIpc) is 2.76. The standard InChI is InChI=1S/C24H22N4O2/c1-4-28-22-20(6-5-13-25-22)27-21(24(28)30)17-8-10-18(11-9-17)23(29)26-19-12-7-15(2)16(3)14-19/h5-14H,4H2,1-3H3,(H,26,29). The summed E-state index contributed by atoms with van der Waals surface area (Å²) in [4.78, 5) is 34.3. The molecule has 0 aliphatic carbocycles. The van der Waals surface area contributed by atoms with Crippen molar-refractivity contribution in [1.82, 2.24) is 14.5 Å². The summed E-state index contributed by atoms with van der Waals surface area (Å²) >= 11 is 0. The van der Waals surface area contributed by atoms with E-state index in [2.05, 4.69) is 15.3 Å². The molecule has 4 aromatic rings. The van der Waals surface area contributed by atoms with Crippen molar-refractivity contribution in [3.8, 4) is 11.3 Å². The molecule has 150 valence electrons. The minimum atomic E-state index is -0.202. The highest BCUT2D eigenvalue weighted by Crippen LogP contribution is 2.19. The van der Waals surface area contributed by atoms with E-state index in [0.29, 0.717) is 34.5 Å². The Kier molecular flexibility index (Phi) is 5.14. The lowest BCUT2D eigenvalue weighted by molar-refractivity contribution is 0.102. The number of fused-ring (bicyclic) bond motifs is 1. The number of nitrogens with zero attached hydrogens (tertiary/aromatic N) is 3. The van der Waals surface area contributed by atoms with Crippen molar-refractivity contribution >= 4 is 22.8 Å². The van der Waals surface area contributed by atoms with E-state index in [9.17, 15) is 9.59 Å². The SMILES string of the molecule is CCn1c(=O)c(-c2ccc(C(=O)Nc3ccc(C)c(C)c3)cc2)nc2cccnc21. The lowest BCUT2D eigenvalue weighted by Gasteiger charge is -2.10. The van der Waals surface area contributed by atoms with Gasteiger partial charge in [-0.25, -0.2) is 9.97 Å². The molecule has 1 amide bonds. The summed E-state index contributed by atoms with van der Waals surface area (Å²) in [6, 6.07) is 16.4. The predicted octanol–water partition coefficient (Wildman–Crippen LogP) is 4.35. The lowest BCUT2D eigenvalue weighted by atomic mass is 10.1. The first kappa shape index (κ1) is 19.5. The maximum atomic E-state index is 12.9. The fraction of sp³-hybridized carbons (Fsp3) is 0.167. The van der Waals surface area contributed by atoms with Crippen LogP contribution in [0.4, 0.5) is 5.69 Å². The molecule has 6 heteroatoms. The molecule has 2 aromatic carbocycles. The number of aromatic nitrogens is 3. The van der Waals surface area contributed by atoms with Crippen LogP contribution in [-0.2, 0) is 6.54 Å². The Balaban J connectivity index is 1.65. The summed E-state index contributed by atoms with van der Waals surface area (Å²) < 4.78 is 1.61. The molecule has 0 saturated heterocycles. The molecule has 30 heavy (non-hydrogen) atoms. The van der Waals surface area contributed by atoms with E-state index < -0.39 is 0 Å². The monoisotopic (exact) mass is 398 g/mol. The third-order valence-corrected chi connectivity index (χ3v) is 5.20. The summed E-state index contributed by atoms with van der Waals surface area (Å²) in [5, 5.41) is 2.91. The first-order valence-electron chi connectivity index (χ1n) is 9.82. The van der Waals surface area contributed by atoms with Gasteiger partial charge in [0, 0.05) is 29.6 Å². The fourth-order valence-corrected chi connectivity index (χ4v) is 3.36. The summed E-state index contributed by atoms with van der Waals surface area (Å²) in [7, 11) is 0. The minimum absolute atomic E-state index is 0.198. The van der Waals surface area contributed by atoms with Crippen molar-refractivity contribution in [2.75, 3.05) is 5.32 Å². The zero-order valence-electron chi connectivity index (χ0n) is 17.1. The molecule has 0 aliphatic rings. The maximum absolute atomic E-state index is 12.9. The first-order valence-corrected chi connectivity index (χ1v) is 9.82. The van der Waals surface area contributed by atoms with Crippen LogP contribution in [0, 0.1) is 13.8 Å². The van der Waals surface area contributed by atoms with Crippen LogP contribution >= 0.6 is 0 Å². The first-order chi connectivity index (χ1) is 14.5. The molecule has 0 saturated carbocycles. The largest absolute Gasteiger partial charge is 0.322 e. The van der Waals surface area contributed by atoms with E-state index in [4.69, 9.17) is 0 Å². The van der Waals surface area contributed by atoms with Crippen LogP contribution in [0.3, 0.4) is 0 Å². The third kappa shape index (κ3) is 3.59. The zero-order valence-corrected chi connectivity index (χ0v) is 17.1. The van der Waals surface area contributed by atoms with Crippen LogP contribution in [-0.4, -0.2) is 20.4 Å². The van der Waals surface area contributed by atoms with Gasteiger partial charge >= 0.3 is 0 Å². The van der Waals surface area contributed by atoms with Gasteiger partial charge in [-0.05, 0) is 68.3 Å². The summed E-state index contributed by atoms with van der Waals surface area (Å²) in [5.41, 5.74) is 5.59. The summed E-state index contributed by atoms with van der Waals surface area (Å²) in [5.74, 6) is -0.202. The molecule has 0 radical (unpaired) electrons. The van der Waals surface area contributed by atoms with Gasteiger partial charge in [0.25, 0.3) is 11.5 Å². The second-order valence-electron chi connectivity index (χ2n) is 7.19. The second-order valence-corrected chi connectivity index (χ2v) is 7.19. The molecule has 1 N–H and O–H groups in total. The molecular weight excluding hydrogens is 376 g/mol. The smallest absolute Gasteiger partial charge is 0.278 e. The number of carbonyl (C=O) groups is 1. The molecule has 6 nitrogen and oxygen atoms in total. The molecule has 0 aliphatic heterocycles. The Morgan fingerprint density at radius 1 is 1.03 bits per heavy atom. The summed E-state index contributed by atoms with van der Waals surface area (Å²) in [6.07, 6.45) is 1.65. The van der Waals surface area contributed by atoms with E-state index in [0.717, 1.165) is 11.3 Å². The van der Waals surface area contributed by atoms with Gasteiger partial charge in [-0.2, -0.15) is 0 Å². The van der Waals surface area contributed by atoms with Crippen molar-refractivity contribution < 1.29 is 4.79 Å². The van der Waals surface area contributed by atoms with Crippen LogP contribution in [0.5, 0.6) is 0 Å². The highest BCUT2D eigenvalue weighted by Gasteiger charge is 2.14. The molecule has 2 aromatic heterocycles.